The van der Waals surface area contributed by atoms with Gasteiger partial charge in [0.1, 0.15) is 0 Å². The van der Waals surface area contributed by atoms with Gasteiger partial charge in [-0.15, -0.1) is 0 Å². The number of anilines is 1. The first-order valence-corrected chi connectivity index (χ1v) is 10.1. The van der Waals surface area contributed by atoms with E-state index in [4.69, 9.17) is 12.2 Å². The molecule has 28 heavy (non-hydrogen) atoms. The largest absolute Gasteiger partial charge is 0.351 e. The maximum Gasteiger partial charge on any atom is 0.174 e. The molecule has 0 unspecified atom stereocenters. The van der Waals surface area contributed by atoms with Gasteiger partial charge in [0.15, 0.2) is 5.11 Å². The third kappa shape index (κ3) is 3.42. The Bertz CT molecular complexity index is 973. The lowest BCUT2D eigenvalue weighted by Crippen LogP contribution is -2.29. The van der Waals surface area contributed by atoms with Crippen molar-refractivity contribution < 1.29 is 0 Å². The third-order valence-electron chi connectivity index (χ3n) is 5.26. The topological polar surface area (TPSA) is 33.1 Å². The van der Waals surface area contributed by atoms with Crippen LogP contribution in [-0.2, 0) is 0 Å². The number of nitrogens with one attached hydrogen (secondary N) is 1. The predicted molar refractivity (Wildman–Crippen MR) is 119 cm³/mol. The zero-order valence-corrected chi connectivity index (χ0v) is 17.6. The first-order valence-electron chi connectivity index (χ1n) is 9.70. The summed E-state index contributed by atoms with van der Waals surface area (Å²) in [7, 11) is 0. The van der Waals surface area contributed by atoms with Crippen molar-refractivity contribution in [3.63, 3.8) is 0 Å². The van der Waals surface area contributed by atoms with Crippen molar-refractivity contribution in [2.45, 2.75) is 45.8 Å². The van der Waals surface area contributed by atoms with Crippen molar-refractivity contribution in [3.05, 3.63) is 83.4 Å². The summed E-state index contributed by atoms with van der Waals surface area (Å²) in [6, 6.07) is 15.3. The summed E-state index contributed by atoms with van der Waals surface area (Å²) >= 11 is 5.80. The monoisotopic (exact) mass is 390 g/mol. The molecule has 0 saturated carbocycles. The van der Waals surface area contributed by atoms with E-state index in [1.807, 2.05) is 18.3 Å². The van der Waals surface area contributed by atoms with Crippen LogP contribution < -0.4 is 10.2 Å². The standard InChI is InChI=1S/C23H26N4S/c1-15(2)26-10-8-18(14-26)22-21(20-7-5-6-9-24-20)25-23(28)27(22)19-12-16(3)11-17(4)13-19/h5-15,21-22H,1-4H3,(H,25,28)/t21-,22+/m1/s1. The molecule has 1 aliphatic heterocycles. The highest BCUT2D eigenvalue weighted by Crippen LogP contribution is 2.42. The van der Waals surface area contributed by atoms with Crippen LogP contribution in [0.15, 0.2) is 61.1 Å². The molecule has 1 aliphatic rings. The van der Waals surface area contributed by atoms with Gasteiger partial charge >= 0.3 is 0 Å². The maximum atomic E-state index is 5.80. The van der Waals surface area contributed by atoms with E-state index >= 15 is 0 Å². The van der Waals surface area contributed by atoms with Crippen LogP contribution in [0.1, 0.15) is 54.4 Å². The molecule has 4 rings (SSSR count). The molecule has 1 saturated heterocycles. The highest BCUT2D eigenvalue weighted by molar-refractivity contribution is 7.80. The lowest BCUT2D eigenvalue weighted by atomic mass is 9.98. The molecular formula is C23H26N4S. The molecule has 2 aromatic heterocycles. The Morgan fingerprint density at radius 1 is 1.07 bits per heavy atom. The van der Waals surface area contributed by atoms with Gasteiger partial charge in [0.2, 0.25) is 0 Å². The Labute approximate surface area is 172 Å². The number of pyridine rings is 1. The van der Waals surface area contributed by atoms with Gasteiger partial charge in [-0.1, -0.05) is 12.1 Å². The van der Waals surface area contributed by atoms with Gasteiger partial charge in [-0.05, 0) is 86.9 Å². The van der Waals surface area contributed by atoms with E-state index in [1.165, 1.54) is 16.7 Å². The molecular weight excluding hydrogens is 364 g/mol. The van der Waals surface area contributed by atoms with Crippen LogP contribution in [0.5, 0.6) is 0 Å². The fourth-order valence-corrected chi connectivity index (χ4v) is 4.33. The smallest absolute Gasteiger partial charge is 0.174 e. The number of rotatable bonds is 4. The van der Waals surface area contributed by atoms with Crippen LogP contribution >= 0.6 is 12.2 Å². The van der Waals surface area contributed by atoms with Crippen LogP contribution in [0.3, 0.4) is 0 Å². The number of thiocarbonyl (C=S) groups is 1. The first kappa shape index (κ1) is 18.7. The second-order valence-corrected chi connectivity index (χ2v) is 8.22. The number of aromatic nitrogens is 2. The van der Waals surface area contributed by atoms with E-state index in [1.54, 1.807) is 0 Å². The minimum absolute atomic E-state index is 0.00229. The van der Waals surface area contributed by atoms with Gasteiger partial charge < -0.3 is 14.8 Å². The van der Waals surface area contributed by atoms with Crippen LogP contribution in [0.2, 0.25) is 0 Å². The molecule has 4 nitrogen and oxygen atoms in total. The van der Waals surface area contributed by atoms with Gasteiger partial charge in [-0.3, -0.25) is 4.98 Å². The van der Waals surface area contributed by atoms with Gasteiger partial charge in [0.25, 0.3) is 0 Å². The van der Waals surface area contributed by atoms with Gasteiger partial charge in [0.05, 0.1) is 17.8 Å². The Balaban J connectivity index is 1.84. The lowest BCUT2D eigenvalue weighted by molar-refractivity contribution is 0.560. The van der Waals surface area contributed by atoms with Gasteiger partial charge in [0, 0.05) is 30.3 Å². The quantitative estimate of drug-likeness (QED) is 0.616. The van der Waals surface area contributed by atoms with Gasteiger partial charge in [-0.25, -0.2) is 0 Å². The Morgan fingerprint density at radius 2 is 1.82 bits per heavy atom. The van der Waals surface area contributed by atoms with Crippen molar-refractivity contribution in [2.24, 2.45) is 0 Å². The van der Waals surface area contributed by atoms with Crippen molar-refractivity contribution in [3.8, 4) is 0 Å². The summed E-state index contributed by atoms with van der Waals surface area (Å²) in [6.45, 7) is 8.64. The molecule has 1 aromatic carbocycles. The van der Waals surface area contributed by atoms with Crippen LogP contribution in [0.25, 0.3) is 0 Å². The molecule has 144 valence electrons. The Hall–Kier alpha value is -2.66. The number of hydrogen-bond acceptors (Lipinski definition) is 2. The minimum atomic E-state index is -0.00229. The second kappa shape index (κ2) is 7.40. The fraction of sp³-hybridized carbons (Fsp3) is 0.304. The highest BCUT2D eigenvalue weighted by Gasteiger charge is 2.41. The van der Waals surface area contributed by atoms with E-state index in [2.05, 4.69) is 90.2 Å². The zero-order valence-electron chi connectivity index (χ0n) is 16.8. The molecule has 1 fully saturated rings. The summed E-state index contributed by atoms with van der Waals surface area (Å²) in [5.41, 5.74) is 5.82. The minimum Gasteiger partial charge on any atom is -0.351 e. The summed E-state index contributed by atoms with van der Waals surface area (Å²) in [5.74, 6) is 0. The molecule has 2 atom stereocenters. The molecule has 0 aliphatic carbocycles. The van der Waals surface area contributed by atoms with Crippen LogP contribution in [0, 0.1) is 13.8 Å². The summed E-state index contributed by atoms with van der Waals surface area (Å²) in [5, 5.41) is 4.27. The molecule has 0 bridgehead atoms. The van der Waals surface area contributed by atoms with Crippen molar-refractivity contribution in [1.29, 1.82) is 0 Å². The number of hydrogen-bond donors (Lipinski definition) is 1. The Kier molecular flexibility index (Phi) is 4.94. The molecule has 3 aromatic rings. The van der Waals surface area contributed by atoms with E-state index in [9.17, 15) is 0 Å². The molecule has 0 radical (unpaired) electrons. The third-order valence-corrected chi connectivity index (χ3v) is 5.57. The number of nitrogens with zero attached hydrogens (tertiary/aromatic N) is 3. The average Bonchev–Trinajstić information content (AvgIpc) is 3.26. The molecule has 0 amide bonds. The summed E-state index contributed by atoms with van der Waals surface area (Å²) < 4.78 is 2.24. The fourth-order valence-electron chi connectivity index (χ4n) is 3.99. The van der Waals surface area contributed by atoms with Crippen molar-refractivity contribution in [2.75, 3.05) is 4.90 Å². The molecule has 0 spiro atoms. The van der Waals surface area contributed by atoms with E-state index < -0.39 is 0 Å². The maximum absolute atomic E-state index is 5.80. The van der Waals surface area contributed by atoms with E-state index in [0.717, 1.165) is 16.5 Å². The number of benzene rings is 1. The molecule has 1 N–H and O–H groups in total. The average molecular weight is 391 g/mol. The molecule has 3 heterocycles. The lowest BCUT2D eigenvalue weighted by Gasteiger charge is -2.28. The first-order chi connectivity index (χ1) is 13.4. The molecule has 5 heteroatoms. The summed E-state index contributed by atoms with van der Waals surface area (Å²) in [6.07, 6.45) is 6.23. The normalized spacial score (nSPS) is 19.3. The van der Waals surface area contributed by atoms with E-state index in [-0.39, 0.29) is 12.1 Å². The highest BCUT2D eigenvalue weighted by atomic mass is 32.1. The van der Waals surface area contributed by atoms with E-state index in [0.29, 0.717) is 6.04 Å². The SMILES string of the molecule is Cc1cc(C)cc(N2C(=S)N[C@H](c3ccccn3)[C@@H]2c2ccn(C(C)C)c2)c1. The van der Waals surface area contributed by atoms with Crippen LogP contribution in [0.4, 0.5) is 5.69 Å². The van der Waals surface area contributed by atoms with Gasteiger partial charge in [-0.2, -0.15) is 0 Å². The van der Waals surface area contributed by atoms with Crippen LogP contribution in [-0.4, -0.2) is 14.7 Å². The second-order valence-electron chi connectivity index (χ2n) is 7.83. The number of aryl methyl sites for hydroxylation is 2. The van der Waals surface area contributed by atoms with Crippen molar-refractivity contribution in [1.82, 2.24) is 14.9 Å². The van der Waals surface area contributed by atoms with Crippen molar-refractivity contribution >= 4 is 23.0 Å². The Morgan fingerprint density at radius 3 is 2.43 bits per heavy atom. The zero-order chi connectivity index (χ0) is 19.8. The predicted octanol–water partition coefficient (Wildman–Crippen LogP) is 5.26. The summed E-state index contributed by atoms with van der Waals surface area (Å²) in [4.78, 5) is 6.87.